The Labute approximate surface area is 149 Å². The molecule has 3 N–H and O–H groups in total. The highest BCUT2D eigenvalue weighted by Gasteiger charge is 2.15. The second kappa shape index (κ2) is 5.99. The van der Waals surface area contributed by atoms with Crippen LogP contribution in [-0.2, 0) is 0 Å². The number of rotatable bonds is 4. The van der Waals surface area contributed by atoms with E-state index in [9.17, 15) is 4.79 Å². The van der Waals surface area contributed by atoms with E-state index in [-0.39, 0.29) is 0 Å². The summed E-state index contributed by atoms with van der Waals surface area (Å²) in [6.45, 7) is 1.93. The fourth-order valence-electron chi connectivity index (χ4n) is 2.84. The van der Waals surface area contributed by atoms with Crippen molar-refractivity contribution in [1.29, 1.82) is 0 Å². The predicted molar refractivity (Wildman–Crippen MR) is 98.3 cm³/mol. The molecule has 0 bridgehead atoms. The molecular weight excluding hydrogens is 330 g/mol. The van der Waals surface area contributed by atoms with E-state index < -0.39 is 5.91 Å². The molecule has 0 aliphatic carbocycles. The van der Waals surface area contributed by atoms with Crippen molar-refractivity contribution in [1.82, 2.24) is 24.1 Å². The quantitative estimate of drug-likeness (QED) is 0.588. The maximum absolute atomic E-state index is 11.6. The number of fused-ring (bicyclic) bond motifs is 1. The number of primary amides is 1. The maximum Gasteiger partial charge on any atom is 0.267 e. The van der Waals surface area contributed by atoms with Gasteiger partial charge in [0.25, 0.3) is 5.91 Å². The molecule has 0 aromatic carbocycles. The van der Waals surface area contributed by atoms with Crippen LogP contribution in [0.15, 0.2) is 48.8 Å². The first-order chi connectivity index (χ1) is 12.6. The number of hydrogen-bond acceptors (Lipinski definition) is 5. The van der Waals surface area contributed by atoms with Crippen LogP contribution in [0.25, 0.3) is 22.7 Å². The summed E-state index contributed by atoms with van der Waals surface area (Å²) in [5, 5.41) is 7.62. The standard InChI is InChI=1S/C18H17N7O/c1-11-4-3-5-17(22-11)25-13(8-15(20-2)23-25)12-6-7-16-21-9-14(18(19)26)24(16)10-12/h3-10H,1-2H3,(H2,19,26)(H,20,23). The van der Waals surface area contributed by atoms with Gasteiger partial charge in [0.15, 0.2) is 5.82 Å². The van der Waals surface area contributed by atoms with Gasteiger partial charge in [0.05, 0.1) is 11.9 Å². The average Bonchev–Trinajstić information content (AvgIpc) is 3.25. The summed E-state index contributed by atoms with van der Waals surface area (Å²) in [4.78, 5) is 20.4. The molecule has 0 spiro atoms. The van der Waals surface area contributed by atoms with Crippen LogP contribution in [0.1, 0.15) is 16.2 Å². The zero-order valence-electron chi connectivity index (χ0n) is 14.3. The van der Waals surface area contributed by atoms with Gasteiger partial charge in [-0.1, -0.05) is 6.07 Å². The normalized spacial score (nSPS) is 11.0. The Bertz CT molecular complexity index is 1130. The number of pyridine rings is 2. The molecule has 0 aliphatic rings. The van der Waals surface area contributed by atoms with E-state index in [2.05, 4.69) is 20.4 Å². The molecule has 0 saturated heterocycles. The first kappa shape index (κ1) is 15.8. The van der Waals surface area contributed by atoms with Gasteiger partial charge in [-0.25, -0.2) is 14.6 Å². The van der Waals surface area contributed by atoms with Crippen molar-refractivity contribution in [3.63, 3.8) is 0 Å². The monoisotopic (exact) mass is 347 g/mol. The van der Waals surface area contributed by atoms with E-state index in [1.54, 1.807) is 9.08 Å². The number of nitrogens with zero attached hydrogens (tertiary/aromatic N) is 5. The zero-order valence-corrected chi connectivity index (χ0v) is 14.3. The summed E-state index contributed by atoms with van der Waals surface area (Å²) in [6.07, 6.45) is 3.30. The molecule has 0 radical (unpaired) electrons. The van der Waals surface area contributed by atoms with Gasteiger partial charge in [0, 0.05) is 30.6 Å². The average molecular weight is 347 g/mol. The number of aryl methyl sites for hydroxylation is 1. The smallest absolute Gasteiger partial charge is 0.267 e. The second-order valence-electron chi connectivity index (χ2n) is 5.87. The van der Waals surface area contributed by atoms with E-state index in [0.29, 0.717) is 23.0 Å². The van der Waals surface area contributed by atoms with Gasteiger partial charge in [-0.05, 0) is 31.2 Å². The molecule has 0 fully saturated rings. The van der Waals surface area contributed by atoms with Gasteiger partial charge in [-0.3, -0.25) is 9.20 Å². The van der Waals surface area contributed by atoms with Crippen LogP contribution in [0.3, 0.4) is 0 Å². The Morgan fingerprint density at radius 1 is 1.23 bits per heavy atom. The highest BCUT2D eigenvalue weighted by Crippen LogP contribution is 2.26. The van der Waals surface area contributed by atoms with Gasteiger partial charge in [-0.15, -0.1) is 5.10 Å². The van der Waals surface area contributed by atoms with E-state index in [1.807, 2.05) is 56.6 Å². The fourth-order valence-corrected chi connectivity index (χ4v) is 2.84. The summed E-state index contributed by atoms with van der Waals surface area (Å²) >= 11 is 0. The van der Waals surface area contributed by atoms with Crippen LogP contribution in [0.4, 0.5) is 5.82 Å². The van der Waals surface area contributed by atoms with E-state index in [0.717, 1.165) is 17.0 Å². The number of anilines is 1. The SMILES string of the molecule is CNc1cc(-c2ccc3ncc(C(N)=O)n3c2)n(-c2cccc(C)n2)n1. The molecular formula is C18H17N7O. The summed E-state index contributed by atoms with van der Waals surface area (Å²) < 4.78 is 3.44. The number of aromatic nitrogens is 5. The minimum absolute atomic E-state index is 0.329. The van der Waals surface area contributed by atoms with Crippen molar-refractivity contribution in [2.24, 2.45) is 5.73 Å². The Kier molecular flexibility index (Phi) is 3.65. The van der Waals surface area contributed by atoms with Crippen molar-refractivity contribution < 1.29 is 4.79 Å². The summed E-state index contributed by atoms with van der Waals surface area (Å²) in [6, 6.07) is 11.5. The molecule has 0 saturated carbocycles. The zero-order chi connectivity index (χ0) is 18.3. The Morgan fingerprint density at radius 2 is 2.08 bits per heavy atom. The van der Waals surface area contributed by atoms with Gasteiger partial charge in [0.2, 0.25) is 0 Å². The summed E-state index contributed by atoms with van der Waals surface area (Å²) in [5.74, 6) is 0.894. The minimum atomic E-state index is -0.528. The predicted octanol–water partition coefficient (Wildman–Crippen LogP) is 2.03. The Hall–Kier alpha value is -3.68. The number of hydrogen-bond donors (Lipinski definition) is 2. The molecule has 8 heteroatoms. The summed E-state index contributed by atoms with van der Waals surface area (Å²) in [7, 11) is 1.81. The first-order valence-electron chi connectivity index (χ1n) is 8.06. The van der Waals surface area contributed by atoms with Crippen LogP contribution < -0.4 is 11.1 Å². The number of nitrogens with two attached hydrogens (primary N) is 1. The third-order valence-corrected chi connectivity index (χ3v) is 4.11. The Morgan fingerprint density at radius 3 is 2.81 bits per heavy atom. The largest absolute Gasteiger partial charge is 0.372 e. The number of carbonyl (C=O) groups excluding carboxylic acids is 1. The van der Waals surface area contributed by atoms with Crippen molar-refractivity contribution in [2.75, 3.05) is 12.4 Å². The number of carbonyl (C=O) groups is 1. The van der Waals surface area contributed by atoms with Crippen LogP contribution in [-0.4, -0.2) is 37.1 Å². The van der Waals surface area contributed by atoms with Crippen LogP contribution in [0.5, 0.6) is 0 Å². The van der Waals surface area contributed by atoms with Crippen molar-refractivity contribution in [2.45, 2.75) is 6.92 Å². The molecule has 1 amide bonds. The van der Waals surface area contributed by atoms with Crippen LogP contribution in [0.2, 0.25) is 0 Å². The molecule has 4 aromatic heterocycles. The third kappa shape index (κ3) is 2.57. The summed E-state index contributed by atoms with van der Waals surface area (Å²) in [5.41, 5.74) is 9.01. The van der Waals surface area contributed by atoms with E-state index >= 15 is 0 Å². The van der Waals surface area contributed by atoms with Crippen LogP contribution >= 0.6 is 0 Å². The lowest BCUT2D eigenvalue weighted by molar-refractivity contribution is 0.0995. The van der Waals surface area contributed by atoms with Crippen molar-refractivity contribution in [3.05, 3.63) is 60.2 Å². The van der Waals surface area contributed by atoms with Crippen molar-refractivity contribution in [3.8, 4) is 17.1 Å². The molecule has 0 atom stereocenters. The molecule has 8 nitrogen and oxygen atoms in total. The first-order valence-corrected chi connectivity index (χ1v) is 8.06. The van der Waals surface area contributed by atoms with Crippen LogP contribution in [0, 0.1) is 6.92 Å². The lowest BCUT2D eigenvalue weighted by Gasteiger charge is -2.08. The van der Waals surface area contributed by atoms with Crippen molar-refractivity contribution >= 4 is 17.4 Å². The molecule has 130 valence electrons. The minimum Gasteiger partial charge on any atom is -0.372 e. The van der Waals surface area contributed by atoms with Gasteiger partial charge in [-0.2, -0.15) is 0 Å². The van der Waals surface area contributed by atoms with Gasteiger partial charge in [0.1, 0.15) is 17.2 Å². The molecule has 4 rings (SSSR count). The second-order valence-corrected chi connectivity index (χ2v) is 5.87. The number of nitrogens with one attached hydrogen (secondary N) is 1. The van der Waals surface area contributed by atoms with E-state index in [1.165, 1.54) is 6.20 Å². The third-order valence-electron chi connectivity index (χ3n) is 4.11. The lowest BCUT2D eigenvalue weighted by atomic mass is 10.2. The molecule has 26 heavy (non-hydrogen) atoms. The highest BCUT2D eigenvalue weighted by atomic mass is 16.1. The molecule has 4 heterocycles. The molecule has 4 aromatic rings. The number of amides is 1. The van der Waals surface area contributed by atoms with Gasteiger partial charge < -0.3 is 11.1 Å². The Balaban J connectivity index is 1.92. The fraction of sp³-hybridized carbons (Fsp3) is 0.111. The number of imidazole rings is 1. The lowest BCUT2D eigenvalue weighted by Crippen LogP contribution is -2.13. The highest BCUT2D eigenvalue weighted by molar-refractivity contribution is 5.92. The van der Waals surface area contributed by atoms with E-state index in [4.69, 9.17) is 5.73 Å². The maximum atomic E-state index is 11.6. The molecule has 0 aliphatic heterocycles. The molecule has 0 unspecified atom stereocenters. The van der Waals surface area contributed by atoms with Gasteiger partial charge >= 0.3 is 0 Å². The topological polar surface area (TPSA) is 103 Å².